The third-order valence-electron chi connectivity index (χ3n) is 8.96. The Morgan fingerprint density at radius 3 is 2.50 bits per heavy atom. The molecule has 5 aliphatic rings. The number of aromatic nitrogens is 2. The molecule has 0 saturated heterocycles. The Balaban J connectivity index is 1.32. The molecule has 0 aromatic carbocycles. The maximum absolute atomic E-state index is 11.8. The monoisotopic (exact) mass is 548 g/mol. The Hall–Kier alpha value is -1.97. The maximum Gasteiger partial charge on any atom is 0.330 e. The van der Waals surface area contributed by atoms with Crippen LogP contribution in [0.25, 0.3) is 0 Å². The molecule has 4 N–H and O–H groups in total. The number of carboxylic acid groups (broad SMARTS) is 1. The first-order valence-electron chi connectivity index (χ1n) is 13.5. The molecule has 4 aliphatic carbocycles. The largest absolute Gasteiger partial charge is 0.479 e. The zero-order valence-corrected chi connectivity index (χ0v) is 23.5. The third-order valence-corrected chi connectivity index (χ3v) is 9.77. The van der Waals surface area contributed by atoms with Gasteiger partial charge in [0.05, 0.1) is 35.9 Å². The van der Waals surface area contributed by atoms with Gasteiger partial charge in [0.1, 0.15) is 6.04 Å². The number of hydrogen-bond donors (Lipinski definition) is 4. The second-order valence-corrected chi connectivity index (χ2v) is 14.8. The highest BCUT2D eigenvalue weighted by Gasteiger charge is 2.66. The smallest absolute Gasteiger partial charge is 0.330 e. The van der Waals surface area contributed by atoms with Crippen LogP contribution < -0.4 is 10.2 Å². The van der Waals surface area contributed by atoms with Crippen molar-refractivity contribution in [2.45, 2.75) is 77.5 Å². The lowest BCUT2D eigenvalue weighted by atomic mass is 9.39. The van der Waals surface area contributed by atoms with E-state index in [9.17, 15) is 14.5 Å². The molecule has 3 unspecified atom stereocenters. The first-order valence-corrected chi connectivity index (χ1v) is 15.3. The molecule has 0 radical (unpaired) electrons. The minimum atomic E-state index is -3.99. The minimum absolute atomic E-state index is 0.0456. The van der Waals surface area contributed by atoms with E-state index in [1.807, 2.05) is 13.0 Å². The number of carboxylic acids is 1. The van der Waals surface area contributed by atoms with Crippen LogP contribution in [0.5, 0.6) is 0 Å². The molecule has 11 heteroatoms. The molecule has 1 aromatic heterocycles. The van der Waals surface area contributed by atoms with Crippen LogP contribution in [-0.4, -0.2) is 68.1 Å². The van der Waals surface area contributed by atoms with E-state index in [2.05, 4.69) is 23.8 Å². The number of ether oxygens (including phenoxy) is 1. The predicted octanol–water partition coefficient (Wildman–Crippen LogP) is 3.44. The van der Waals surface area contributed by atoms with E-state index in [1.165, 1.54) is 6.42 Å². The summed E-state index contributed by atoms with van der Waals surface area (Å²) < 4.78 is 19.8. The van der Waals surface area contributed by atoms with Crippen molar-refractivity contribution in [3.05, 3.63) is 36.3 Å². The molecule has 4 saturated carbocycles. The Kier molecular flexibility index (Phi) is 6.97. The number of carbonyl (C=O) groups is 1. The van der Waals surface area contributed by atoms with Gasteiger partial charge in [0, 0.05) is 25.8 Å². The summed E-state index contributed by atoms with van der Waals surface area (Å²) in [5.74, 6) is -0.894. The molecule has 4 fully saturated rings. The van der Waals surface area contributed by atoms with Gasteiger partial charge >= 0.3 is 13.6 Å². The Morgan fingerprint density at radius 1 is 1.13 bits per heavy atom. The Morgan fingerprint density at radius 2 is 1.84 bits per heavy atom. The normalized spacial score (nSPS) is 35.8. The zero-order chi connectivity index (χ0) is 27.4. The fraction of sp³-hybridized carbons (Fsp3) is 0.704. The minimum Gasteiger partial charge on any atom is -0.479 e. The van der Waals surface area contributed by atoms with Crippen LogP contribution in [0.2, 0.25) is 0 Å². The molecule has 6 rings (SSSR count). The molecule has 0 amide bonds. The second-order valence-electron chi connectivity index (χ2n) is 13.0. The molecule has 38 heavy (non-hydrogen) atoms. The van der Waals surface area contributed by atoms with Crippen molar-refractivity contribution >= 4 is 19.3 Å². The quantitative estimate of drug-likeness (QED) is 0.242. The Labute approximate surface area is 224 Å². The van der Waals surface area contributed by atoms with Gasteiger partial charge in [0.2, 0.25) is 0 Å². The molecule has 0 spiro atoms. The number of allylic oxidation sites excluding steroid dienone is 2. The van der Waals surface area contributed by atoms with E-state index >= 15 is 0 Å². The molecule has 3 atom stereocenters. The van der Waals surface area contributed by atoms with Gasteiger partial charge in [0.25, 0.3) is 0 Å². The van der Waals surface area contributed by atoms with Gasteiger partial charge in [0.15, 0.2) is 0 Å². The summed E-state index contributed by atoms with van der Waals surface area (Å²) in [6.45, 7) is 8.95. The summed E-state index contributed by atoms with van der Waals surface area (Å²) in [7, 11) is -3.99. The van der Waals surface area contributed by atoms with Crippen molar-refractivity contribution in [3.8, 4) is 0 Å². The van der Waals surface area contributed by atoms with Gasteiger partial charge < -0.3 is 29.8 Å². The predicted molar refractivity (Wildman–Crippen MR) is 144 cm³/mol. The highest BCUT2D eigenvalue weighted by Crippen LogP contribution is 2.72. The average Bonchev–Trinajstić information content (AvgIpc) is 3.12. The van der Waals surface area contributed by atoms with Crippen molar-refractivity contribution in [1.82, 2.24) is 15.1 Å². The number of rotatable bonds is 11. The third kappa shape index (κ3) is 5.52. The average molecular weight is 549 g/mol. The van der Waals surface area contributed by atoms with E-state index in [-0.39, 0.29) is 34.6 Å². The summed E-state index contributed by atoms with van der Waals surface area (Å²) >= 11 is 0. The fourth-order valence-corrected chi connectivity index (χ4v) is 9.39. The highest BCUT2D eigenvalue weighted by atomic mass is 31.2. The van der Waals surface area contributed by atoms with Crippen LogP contribution in [0, 0.1) is 23.2 Å². The van der Waals surface area contributed by atoms with Crippen LogP contribution in [0.15, 0.2) is 30.6 Å². The molecular formula is C27H41N4O6P. The van der Waals surface area contributed by atoms with E-state index in [0.717, 1.165) is 50.0 Å². The van der Waals surface area contributed by atoms with E-state index in [1.54, 1.807) is 29.4 Å². The number of hydrogen-bond acceptors (Lipinski definition) is 6. The number of anilines is 1. The van der Waals surface area contributed by atoms with E-state index < -0.39 is 19.6 Å². The SMILES string of the molecule is Cc1c(N2C=CC=CC2C(=O)O)cnn1CC12CC3(C)CC(C)(C1)CC(OCCNCCP(=O)(O)O)(C3)C2. The van der Waals surface area contributed by atoms with Crippen LogP contribution in [0.3, 0.4) is 0 Å². The van der Waals surface area contributed by atoms with Crippen molar-refractivity contribution in [2.75, 3.05) is 30.8 Å². The lowest BCUT2D eigenvalue weighted by Crippen LogP contribution is -2.64. The van der Waals surface area contributed by atoms with Crippen molar-refractivity contribution in [3.63, 3.8) is 0 Å². The molecule has 10 nitrogen and oxygen atoms in total. The summed E-state index contributed by atoms with van der Waals surface area (Å²) in [6.07, 6.45) is 15.2. The highest BCUT2D eigenvalue weighted by molar-refractivity contribution is 7.51. The molecule has 4 bridgehead atoms. The van der Waals surface area contributed by atoms with Crippen LogP contribution >= 0.6 is 7.60 Å². The topological polar surface area (TPSA) is 137 Å². The zero-order valence-electron chi connectivity index (χ0n) is 22.6. The van der Waals surface area contributed by atoms with Gasteiger partial charge in [-0.1, -0.05) is 26.0 Å². The van der Waals surface area contributed by atoms with Gasteiger partial charge in [-0.25, -0.2) is 4.79 Å². The molecule has 1 aromatic rings. The molecule has 1 aliphatic heterocycles. The maximum atomic E-state index is 11.8. The Bertz CT molecular complexity index is 1170. The van der Waals surface area contributed by atoms with Gasteiger partial charge in [-0.2, -0.15) is 5.10 Å². The molecular weight excluding hydrogens is 507 g/mol. The van der Waals surface area contributed by atoms with Crippen molar-refractivity contribution in [1.29, 1.82) is 0 Å². The lowest BCUT2D eigenvalue weighted by molar-refractivity contribution is -0.247. The lowest BCUT2D eigenvalue weighted by Gasteiger charge is -2.69. The first-order chi connectivity index (χ1) is 17.7. The van der Waals surface area contributed by atoms with Crippen LogP contribution in [-0.2, 0) is 20.6 Å². The summed E-state index contributed by atoms with van der Waals surface area (Å²) in [5.41, 5.74) is 2.00. The molecule has 2 heterocycles. The van der Waals surface area contributed by atoms with Gasteiger partial charge in [-0.3, -0.25) is 9.25 Å². The van der Waals surface area contributed by atoms with Crippen molar-refractivity contribution < 1.29 is 29.0 Å². The fourth-order valence-electron chi connectivity index (χ4n) is 8.94. The first kappa shape index (κ1) is 27.6. The van der Waals surface area contributed by atoms with Crippen molar-refractivity contribution in [2.24, 2.45) is 16.2 Å². The summed E-state index contributed by atoms with van der Waals surface area (Å²) in [4.78, 5) is 31.7. The number of aliphatic carboxylic acids is 1. The van der Waals surface area contributed by atoms with Gasteiger partial charge in [-0.05, 0) is 67.8 Å². The van der Waals surface area contributed by atoms with E-state index in [4.69, 9.17) is 19.6 Å². The summed E-state index contributed by atoms with van der Waals surface area (Å²) in [5, 5.41) is 17.6. The molecule has 210 valence electrons. The van der Waals surface area contributed by atoms with E-state index in [0.29, 0.717) is 13.2 Å². The standard InChI is InChI=1S/C27H41N4O6P/c1-20-22(30-9-5-4-6-21(30)23(32)33)12-29-31(20)19-26-14-24(2)13-25(3,15-26)17-27(16-24,18-26)37-10-7-28-8-11-38(34,35)36/h4-6,9,12,21,28H,7-8,10-11,13-19H2,1-3H3,(H,32,33)(H2,34,35,36). The number of nitrogens with one attached hydrogen (secondary N) is 1. The summed E-state index contributed by atoms with van der Waals surface area (Å²) in [6, 6.07) is -0.749. The second kappa shape index (κ2) is 9.59. The number of nitrogens with zero attached hydrogens (tertiary/aromatic N) is 3. The van der Waals surface area contributed by atoms with Crippen LogP contribution in [0.1, 0.15) is 58.1 Å². The van der Waals surface area contributed by atoms with Gasteiger partial charge in [-0.15, -0.1) is 0 Å². The van der Waals surface area contributed by atoms with Crippen LogP contribution in [0.4, 0.5) is 5.69 Å².